The van der Waals surface area contributed by atoms with E-state index in [-0.39, 0.29) is 12.5 Å². The van der Waals surface area contributed by atoms with Gasteiger partial charge in [0.25, 0.3) is 0 Å². The predicted octanol–water partition coefficient (Wildman–Crippen LogP) is 2.85. The van der Waals surface area contributed by atoms with E-state index in [1.807, 2.05) is 19.1 Å². The van der Waals surface area contributed by atoms with Crippen LogP contribution in [0.3, 0.4) is 0 Å². The maximum Gasteiger partial charge on any atom is 0.305 e. The Morgan fingerprint density at radius 1 is 1.62 bits per heavy atom. The lowest BCUT2D eigenvalue weighted by molar-refractivity contribution is -0.137. The molecule has 16 heavy (non-hydrogen) atoms. The predicted molar refractivity (Wildman–Crippen MR) is 64.2 cm³/mol. The number of fused-ring (bicyclic) bond motifs is 1. The average Bonchev–Trinajstić information content (AvgIpc) is 2.23. The van der Waals surface area contributed by atoms with Gasteiger partial charge >= 0.3 is 5.97 Å². The van der Waals surface area contributed by atoms with Crippen molar-refractivity contribution in [3.63, 3.8) is 0 Å². The van der Waals surface area contributed by atoms with E-state index < -0.39 is 5.97 Å². The highest BCUT2D eigenvalue weighted by molar-refractivity contribution is 6.31. The van der Waals surface area contributed by atoms with Crippen molar-refractivity contribution < 1.29 is 9.90 Å². The summed E-state index contributed by atoms with van der Waals surface area (Å²) >= 11 is 6.04. The Bertz CT molecular complexity index is 431. The van der Waals surface area contributed by atoms with Gasteiger partial charge in [-0.25, -0.2) is 0 Å². The van der Waals surface area contributed by atoms with Crippen LogP contribution in [0, 0.1) is 6.92 Å². The van der Waals surface area contributed by atoms with Crippen molar-refractivity contribution in [3.8, 4) is 0 Å². The molecule has 1 atom stereocenters. The van der Waals surface area contributed by atoms with Crippen molar-refractivity contribution >= 4 is 23.3 Å². The number of anilines is 1. The van der Waals surface area contributed by atoms with Gasteiger partial charge in [0.15, 0.2) is 0 Å². The van der Waals surface area contributed by atoms with E-state index in [0.717, 1.165) is 29.1 Å². The molecule has 1 unspecified atom stereocenters. The lowest BCUT2D eigenvalue weighted by Gasteiger charge is -2.27. The van der Waals surface area contributed by atoms with Gasteiger partial charge in [-0.1, -0.05) is 17.7 Å². The molecule has 0 amide bonds. The van der Waals surface area contributed by atoms with Gasteiger partial charge in [0, 0.05) is 16.8 Å². The maximum absolute atomic E-state index is 10.7. The van der Waals surface area contributed by atoms with Gasteiger partial charge in [0.1, 0.15) is 0 Å². The van der Waals surface area contributed by atoms with Gasteiger partial charge in [-0.3, -0.25) is 4.79 Å². The standard InChI is InChI=1S/C12H14ClNO2/c1-7-10(13)5-3-8-2-4-9(6-11(15)16)14-12(7)8/h3,5,9,14H,2,4,6H2,1H3,(H,15,16). The van der Waals surface area contributed by atoms with Gasteiger partial charge in [-0.05, 0) is 37.0 Å². The molecule has 0 bridgehead atoms. The first-order valence-electron chi connectivity index (χ1n) is 5.34. The van der Waals surface area contributed by atoms with E-state index in [0.29, 0.717) is 0 Å². The number of carbonyl (C=O) groups is 1. The van der Waals surface area contributed by atoms with Gasteiger partial charge in [-0.15, -0.1) is 0 Å². The average molecular weight is 240 g/mol. The molecule has 0 spiro atoms. The molecule has 1 aliphatic heterocycles. The summed E-state index contributed by atoms with van der Waals surface area (Å²) in [5.41, 5.74) is 3.25. The summed E-state index contributed by atoms with van der Waals surface area (Å²) in [7, 11) is 0. The zero-order chi connectivity index (χ0) is 11.7. The second-order valence-electron chi connectivity index (χ2n) is 4.18. The van der Waals surface area contributed by atoms with E-state index in [4.69, 9.17) is 16.7 Å². The number of carboxylic acid groups (broad SMARTS) is 1. The number of rotatable bonds is 2. The fraction of sp³-hybridized carbons (Fsp3) is 0.417. The third-order valence-corrected chi connectivity index (χ3v) is 3.43. The molecule has 0 fully saturated rings. The number of hydrogen-bond acceptors (Lipinski definition) is 2. The van der Waals surface area contributed by atoms with Crippen LogP contribution >= 0.6 is 11.6 Å². The van der Waals surface area contributed by atoms with Gasteiger partial charge in [0.05, 0.1) is 6.42 Å². The van der Waals surface area contributed by atoms with Crippen LogP contribution < -0.4 is 5.32 Å². The van der Waals surface area contributed by atoms with Crippen LogP contribution in [-0.2, 0) is 11.2 Å². The van der Waals surface area contributed by atoms with Crippen molar-refractivity contribution in [1.82, 2.24) is 0 Å². The van der Waals surface area contributed by atoms with E-state index in [1.165, 1.54) is 5.56 Å². The molecule has 2 N–H and O–H groups in total. The third kappa shape index (κ3) is 2.14. The second-order valence-corrected chi connectivity index (χ2v) is 4.59. The Morgan fingerprint density at radius 2 is 2.38 bits per heavy atom. The molecule has 0 saturated heterocycles. The highest BCUT2D eigenvalue weighted by Gasteiger charge is 2.21. The third-order valence-electron chi connectivity index (χ3n) is 3.02. The summed E-state index contributed by atoms with van der Waals surface area (Å²) in [4.78, 5) is 10.7. The fourth-order valence-corrected chi connectivity index (χ4v) is 2.28. The van der Waals surface area contributed by atoms with Crippen LogP contribution in [-0.4, -0.2) is 17.1 Å². The Balaban J connectivity index is 2.25. The lowest BCUT2D eigenvalue weighted by atomic mass is 9.94. The Hall–Kier alpha value is -1.22. The minimum atomic E-state index is -0.763. The van der Waals surface area contributed by atoms with Crippen LogP contribution in [0.25, 0.3) is 0 Å². The molecule has 0 aromatic heterocycles. The van der Waals surface area contributed by atoms with E-state index in [9.17, 15) is 4.79 Å². The van der Waals surface area contributed by atoms with E-state index in [1.54, 1.807) is 0 Å². The number of benzene rings is 1. The van der Waals surface area contributed by atoms with E-state index in [2.05, 4.69) is 5.32 Å². The minimum absolute atomic E-state index is 0.0159. The molecule has 1 aliphatic rings. The molecule has 4 heteroatoms. The Labute approximate surface area is 99.4 Å². The maximum atomic E-state index is 10.7. The first kappa shape index (κ1) is 11.3. The minimum Gasteiger partial charge on any atom is -0.481 e. The molecule has 2 rings (SSSR count). The van der Waals surface area contributed by atoms with Crippen molar-refractivity contribution in [2.45, 2.75) is 32.2 Å². The number of nitrogens with one attached hydrogen (secondary N) is 1. The largest absolute Gasteiger partial charge is 0.481 e. The van der Waals surface area contributed by atoms with Gasteiger partial charge in [-0.2, -0.15) is 0 Å². The quantitative estimate of drug-likeness (QED) is 0.835. The molecule has 86 valence electrons. The molecular weight excluding hydrogens is 226 g/mol. The SMILES string of the molecule is Cc1c(Cl)ccc2c1NC(CC(=O)O)CC2. The highest BCUT2D eigenvalue weighted by Crippen LogP contribution is 2.33. The molecule has 1 heterocycles. The summed E-state index contributed by atoms with van der Waals surface area (Å²) in [5.74, 6) is -0.763. The summed E-state index contributed by atoms with van der Waals surface area (Å²) in [6.45, 7) is 1.96. The summed E-state index contributed by atoms with van der Waals surface area (Å²) in [5, 5.41) is 12.8. The number of carboxylic acids is 1. The lowest BCUT2D eigenvalue weighted by Crippen LogP contribution is -2.28. The molecule has 3 nitrogen and oxygen atoms in total. The Morgan fingerprint density at radius 3 is 3.06 bits per heavy atom. The first-order valence-corrected chi connectivity index (χ1v) is 5.72. The summed E-state index contributed by atoms with van der Waals surface area (Å²) in [6.07, 6.45) is 1.93. The number of aryl methyl sites for hydroxylation is 1. The second kappa shape index (κ2) is 4.34. The van der Waals surface area contributed by atoms with Crippen LogP contribution in [0.15, 0.2) is 12.1 Å². The molecular formula is C12H14ClNO2. The summed E-state index contributed by atoms with van der Waals surface area (Å²) < 4.78 is 0. The van der Waals surface area contributed by atoms with Crippen LogP contribution in [0.2, 0.25) is 5.02 Å². The fourth-order valence-electron chi connectivity index (χ4n) is 2.12. The van der Waals surface area contributed by atoms with Crippen molar-refractivity contribution in [1.29, 1.82) is 0 Å². The monoisotopic (exact) mass is 239 g/mol. The number of hydrogen-bond donors (Lipinski definition) is 2. The molecule has 0 aliphatic carbocycles. The Kier molecular flexibility index (Phi) is 3.06. The van der Waals surface area contributed by atoms with Crippen molar-refractivity contribution in [2.75, 3.05) is 5.32 Å². The molecule has 1 aromatic carbocycles. The van der Waals surface area contributed by atoms with Crippen molar-refractivity contribution in [2.24, 2.45) is 0 Å². The van der Waals surface area contributed by atoms with Gasteiger partial charge < -0.3 is 10.4 Å². The van der Waals surface area contributed by atoms with Gasteiger partial charge in [0.2, 0.25) is 0 Å². The topological polar surface area (TPSA) is 49.3 Å². The highest BCUT2D eigenvalue weighted by atomic mass is 35.5. The number of aliphatic carboxylic acids is 1. The number of halogens is 1. The molecule has 0 radical (unpaired) electrons. The molecule has 1 aromatic rings. The van der Waals surface area contributed by atoms with Crippen LogP contribution in [0.1, 0.15) is 24.0 Å². The summed E-state index contributed by atoms with van der Waals surface area (Å²) in [6, 6.07) is 3.92. The first-order chi connectivity index (χ1) is 7.58. The smallest absolute Gasteiger partial charge is 0.305 e. The van der Waals surface area contributed by atoms with Crippen LogP contribution in [0.5, 0.6) is 0 Å². The van der Waals surface area contributed by atoms with Crippen LogP contribution in [0.4, 0.5) is 5.69 Å². The van der Waals surface area contributed by atoms with E-state index >= 15 is 0 Å². The van der Waals surface area contributed by atoms with Crippen molar-refractivity contribution in [3.05, 3.63) is 28.3 Å². The normalized spacial score (nSPS) is 18.8. The molecule has 0 saturated carbocycles. The zero-order valence-electron chi connectivity index (χ0n) is 9.09. The zero-order valence-corrected chi connectivity index (χ0v) is 9.84.